The van der Waals surface area contributed by atoms with Crippen LogP contribution in [-0.2, 0) is 6.54 Å². The molecule has 1 aliphatic rings. The number of hydrogen-bond donors (Lipinski definition) is 1. The van der Waals surface area contributed by atoms with Gasteiger partial charge in [0.15, 0.2) is 16.8 Å². The molecule has 1 N–H and O–H groups in total. The van der Waals surface area contributed by atoms with Gasteiger partial charge in [0.25, 0.3) is 0 Å². The van der Waals surface area contributed by atoms with E-state index in [2.05, 4.69) is 26.2 Å². The SMILES string of the molecule is CC.CSc1nc(=O)n(C2=c3c(Br)cccc3=CNC2)c(=O)n1Cc1cc(F)c(F)cc1F. The summed E-state index contributed by atoms with van der Waals surface area (Å²) in [6, 6.07) is 6.51. The summed E-state index contributed by atoms with van der Waals surface area (Å²) in [6.45, 7) is 3.74. The average molecular weight is 541 g/mol. The zero-order valence-electron chi connectivity index (χ0n) is 18.0. The molecule has 1 aliphatic heterocycles. The Hall–Kier alpha value is -2.79. The third-order valence-corrected chi connectivity index (χ3v) is 6.11. The second kappa shape index (κ2) is 10.4. The molecule has 3 aromatic rings. The molecule has 11 heteroatoms. The van der Waals surface area contributed by atoms with E-state index in [0.29, 0.717) is 27.5 Å². The van der Waals surface area contributed by atoms with E-state index < -0.39 is 35.4 Å². The molecule has 0 fully saturated rings. The normalized spacial score (nSPS) is 12.3. The third kappa shape index (κ3) is 4.79. The third-order valence-electron chi connectivity index (χ3n) is 4.77. The van der Waals surface area contributed by atoms with E-state index in [1.54, 1.807) is 18.5 Å². The molecule has 2 heterocycles. The Morgan fingerprint density at radius 1 is 1.12 bits per heavy atom. The van der Waals surface area contributed by atoms with Crippen molar-refractivity contribution in [1.82, 2.24) is 19.4 Å². The number of thioether (sulfide) groups is 1. The van der Waals surface area contributed by atoms with Crippen molar-refractivity contribution in [3.63, 3.8) is 0 Å². The van der Waals surface area contributed by atoms with Crippen LogP contribution in [0, 0.1) is 17.5 Å². The number of rotatable bonds is 4. The van der Waals surface area contributed by atoms with Gasteiger partial charge in [-0.15, -0.1) is 0 Å². The molecule has 0 radical (unpaired) electrons. The first-order chi connectivity index (χ1) is 15.8. The van der Waals surface area contributed by atoms with Gasteiger partial charge in [-0.1, -0.05) is 53.7 Å². The maximum atomic E-state index is 14.2. The Labute approximate surface area is 199 Å². The highest BCUT2D eigenvalue weighted by Gasteiger charge is 2.20. The minimum absolute atomic E-state index is 0.0265. The van der Waals surface area contributed by atoms with E-state index in [4.69, 9.17) is 0 Å². The van der Waals surface area contributed by atoms with Gasteiger partial charge >= 0.3 is 11.4 Å². The van der Waals surface area contributed by atoms with Crippen molar-refractivity contribution in [1.29, 1.82) is 0 Å². The number of nitrogens with zero attached hydrogens (tertiary/aromatic N) is 3. The van der Waals surface area contributed by atoms with Crippen molar-refractivity contribution in [3.05, 3.63) is 89.2 Å². The molecule has 0 amide bonds. The van der Waals surface area contributed by atoms with Gasteiger partial charge in [-0.05, 0) is 18.4 Å². The monoisotopic (exact) mass is 540 g/mol. The van der Waals surface area contributed by atoms with Crippen LogP contribution in [0.1, 0.15) is 19.4 Å². The fourth-order valence-corrected chi connectivity index (χ4v) is 4.50. The fraction of sp³-hybridized carbons (Fsp3) is 0.227. The van der Waals surface area contributed by atoms with Crippen molar-refractivity contribution >= 4 is 39.6 Å². The predicted molar refractivity (Wildman–Crippen MR) is 126 cm³/mol. The van der Waals surface area contributed by atoms with Gasteiger partial charge in [0.2, 0.25) is 0 Å². The van der Waals surface area contributed by atoms with Crippen molar-refractivity contribution in [2.24, 2.45) is 0 Å². The van der Waals surface area contributed by atoms with Crippen molar-refractivity contribution in [3.8, 4) is 0 Å². The van der Waals surface area contributed by atoms with Gasteiger partial charge in [0.1, 0.15) is 5.82 Å². The second-order valence-electron chi connectivity index (χ2n) is 6.62. The van der Waals surface area contributed by atoms with Gasteiger partial charge < -0.3 is 5.32 Å². The largest absolute Gasteiger partial charge is 0.385 e. The Bertz CT molecular complexity index is 1450. The lowest BCUT2D eigenvalue weighted by Crippen LogP contribution is -2.49. The molecular formula is C22H20BrF3N4O2S. The van der Waals surface area contributed by atoms with E-state index in [-0.39, 0.29) is 17.3 Å². The summed E-state index contributed by atoms with van der Waals surface area (Å²) >= 11 is 4.46. The van der Waals surface area contributed by atoms with Crippen LogP contribution >= 0.6 is 27.7 Å². The van der Waals surface area contributed by atoms with E-state index >= 15 is 0 Å². The highest BCUT2D eigenvalue weighted by Crippen LogP contribution is 2.17. The standard InChI is InChI=1S/C20H14BrF3N4O2S.C2H6/c1-31-19-26-18(29)28(16-8-25-7-10-3-2-4-12(21)17(10)16)20(30)27(19)9-11-5-14(23)15(24)6-13(11)22;1-2/h2-7,25H,8-9H2,1H3;1-2H3. The molecule has 6 nitrogen and oxygen atoms in total. The summed E-state index contributed by atoms with van der Waals surface area (Å²) in [6.07, 6.45) is 3.35. The number of nitrogens with one attached hydrogen (secondary N) is 1. The Balaban J connectivity index is 0.00000149. The molecule has 0 unspecified atom stereocenters. The summed E-state index contributed by atoms with van der Waals surface area (Å²) < 4.78 is 43.8. The van der Waals surface area contributed by atoms with Gasteiger partial charge in [-0.3, -0.25) is 4.57 Å². The smallest absolute Gasteiger partial charge is 0.358 e. The van der Waals surface area contributed by atoms with Crippen LogP contribution in [0.3, 0.4) is 0 Å². The van der Waals surface area contributed by atoms with Crippen molar-refractivity contribution in [2.45, 2.75) is 25.5 Å². The summed E-state index contributed by atoms with van der Waals surface area (Å²) in [5, 5.41) is 4.44. The average Bonchev–Trinajstić information content (AvgIpc) is 2.80. The number of aromatic nitrogens is 3. The van der Waals surface area contributed by atoms with Crippen LogP contribution in [0.4, 0.5) is 13.2 Å². The molecule has 0 saturated heterocycles. The molecule has 0 atom stereocenters. The minimum atomic E-state index is -1.33. The van der Waals surface area contributed by atoms with E-state index in [0.717, 1.165) is 26.1 Å². The highest BCUT2D eigenvalue weighted by molar-refractivity contribution is 9.10. The van der Waals surface area contributed by atoms with Crippen LogP contribution in [0.15, 0.2) is 49.6 Å². The van der Waals surface area contributed by atoms with Crippen molar-refractivity contribution < 1.29 is 13.2 Å². The fourth-order valence-electron chi connectivity index (χ4n) is 3.36. The maximum absolute atomic E-state index is 14.2. The molecule has 0 bridgehead atoms. The zero-order chi connectivity index (χ0) is 24.3. The lowest BCUT2D eigenvalue weighted by atomic mass is 10.1. The quantitative estimate of drug-likeness (QED) is 0.406. The Morgan fingerprint density at radius 3 is 2.52 bits per heavy atom. The molecule has 0 spiro atoms. The Morgan fingerprint density at radius 2 is 1.82 bits per heavy atom. The van der Waals surface area contributed by atoms with E-state index in [9.17, 15) is 22.8 Å². The van der Waals surface area contributed by atoms with Crippen LogP contribution in [0.5, 0.6) is 0 Å². The topological polar surface area (TPSA) is 68.9 Å². The lowest BCUT2D eigenvalue weighted by molar-refractivity contribution is 0.482. The first-order valence-corrected chi connectivity index (χ1v) is 12.0. The molecule has 174 valence electrons. The number of benzene rings is 2. The van der Waals surface area contributed by atoms with Gasteiger partial charge in [-0.2, -0.15) is 4.98 Å². The molecular weight excluding hydrogens is 521 g/mol. The molecule has 0 saturated carbocycles. The molecule has 2 aromatic carbocycles. The first-order valence-electron chi connectivity index (χ1n) is 9.94. The van der Waals surface area contributed by atoms with Gasteiger partial charge in [0, 0.05) is 32.7 Å². The zero-order valence-corrected chi connectivity index (χ0v) is 20.4. The van der Waals surface area contributed by atoms with E-state index in [1.807, 2.05) is 26.0 Å². The summed E-state index contributed by atoms with van der Waals surface area (Å²) in [5.74, 6) is -3.58. The second-order valence-corrected chi connectivity index (χ2v) is 8.25. The number of halogens is 4. The highest BCUT2D eigenvalue weighted by atomic mass is 79.9. The molecule has 0 aliphatic carbocycles. The summed E-state index contributed by atoms with van der Waals surface area (Å²) in [7, 11) is 0. The first kappa shape index (κ1) is 24.8. The van der Waals surface area contributed by atoms with Gasteiger partial charge in [0.05, 0.1) is 18.8 Å². The number of hydrogen-bond acceptors (Lipinski definition) is 5. The van der Waals surface area contributed by atoms with Crippen LogP contribution in [-0.4, -0.2) is 26.9 Å². The molecule has 33 heavy (non-hydrogen) atoms. The maximum Gasteiger partial charge on any atom is 0.358 e. The molecule has 4 rings (SSSR count). The van der Waals surface area contributed by atoms with Crippen LogP contribution in [0.25, 0.3) is 11.9 Å². The van der Waals surface area contributed by atoms with Crippen molar-refractivity contribution in [2.75, 3.05) is 12.8 Å². The minimum Gasteiger partial charge on any atom is -0.385 e. The van der Waals surface area contributed by atoms with E-state index in [1.165, 1.54) is 0 Å². The lowest BCUT2D eigenvalue weighted by Gasteiger charge is -2.18. The molecule has 1 aromatic heterocycles. The number of fused-ring (bicyclic) bond motifs is 1. The summed E-state index contributed by atoms with van der Waals surface area (Å²) in [4.78, 5) is 30.1. The van der Waals surface area contributed by atoms with Gasteiger partial charge in [-0.25, -0.2) is 27.3 Å². The predicted octanol–water partition coefficient (Wildman–Crippen LogP) is 2.38. The summed E-state index contributed by atoms with van der Waals surface area (Å²) in [5.41, 5.74) is -1.45. The Kier molecular flexibility index (Phi) is 7.85. The van der Waals surface area contributed by atoms with Crippen LogP contribution < -0.4 is 27.1 Å². The van der Waals surface area contributed by atoms with Crippen LogP contribution in [0.2, 0.25) is 0 Å².